The second kappa shape index (κ2) is 9.22. The zero-order valence-electron chi connectivity index (χ0n) is 13.0. The fourth-order valence-corrected chi connectivity index (χ4v) is 3.30. The summed E-state index contributed by atoms with van der Waals surface area (Å²) in [5.41, 5.74) is 0. The maximum Gasteiger partial charge on any atom is 0.191 e. The van der Waals surface area contributed by atoms with Gasteiger partial charge in [0.15, 0.2) is 5.96 Å². The summed E-state index contributed by atoms with van der Waals surface area (Å²) in [5.74, 6) is 1.94. The van der Waals surface area contributed by atoms with Crippen molar-refractivity contribution in [1.29, 1.82) is 0 Å². The van der Waals surface area contributed by atoms with E-state index in [1.54, 1.807) is 0 Å². The first kappa shape index (κ1) is 15.6. The summed E-state index contributed by atoms with van der Waals surface area (Å²) in [6, 6.07) is 0. The maximum atomic E-state index is 5.60. The lowest BCUT2D eigenvalue weighted by atomic mass is 10.0. The van der Waals surface area contributed by atoms with E-state index < -0.39 is 0 Å². The molecule has 0 radical (unpaired) electrons. The van der Waals surface area contributed by atoms with E-state index in [-0.39, 0.29) is 0 Å². The van der Waals surface area contributed by atoms with E-state index in [2.05, 4.69) is 15.6 Å². The molecule has 1 aliphatic carbocycles. The Morgan fingerprint density at radius 2 is 1.95 bits per heavy atom. The van der Waals surface area contributed by atoms with Crippen molar-refractivity contribution in [2.75, 3.05) is 26.7 Å². The largest absolute Gasteiger partial charge is 0.376 e. The Balaban J connectivity index is 1.47. The quantitative estimate of drug-likeness (QED) is 0.428. The highest BCUT2D eigenvalue weighted by molar-refractivity contribution is 5.79. The number of hydrogen-bond donors (Lipinski definition) is 2. The first-order valence-electron chi connectivity index (χ1n) is 8.44. The molecule has 0 aromatic rings. The van der Waals surface area contributed by atoms with E-state index in [0.717, 1.165) is 31.6 Å². The summed E-state index contributed by atoms with van der Waals surface area (Å²) in [6.07, 6.45) is 12.6. The molecule has 0 spiro atoms. The van der Waals surface area contributed by atoms with Gasteiger partial charge in [0.25, 0.3) is 0 Å². The standard InChI is InChI=1S/C16H31N3O/c1-17-16(19-13-15-10-6-12-20-15)18-11-5-4-9-14-7-2-3-8-14/h14-15H,2-13H2,1H3,(H2,17,18,19). The van der Waals surface area contributed by atoms with Gasteiger partial charge in [-0.25, -0.2) is 0 Å². The molecule has 4 heteroatoms. The molecular weight excluding hydrogens is 250 g/mol. The van der Waals surface area contributed by atoms with Crippen LogP contribution in [-0.2, 0) is 4.74 Å². The van der Waals surface area contributed by atoms with Gasteiger partial charge in [-0.2, -0.15) is 0 Å². The van der Waals surface area contributed by atoms with Gasteiger partial charge in [-0.15, -0.1) is 0 Å². The summed E-state index contributed by atoms with van der Waals surface area (Å²) in [6.45, 7) is 2.82. The summed E-state index contributed by atoms with van der Waals surface area (Å²) in [5, 5.41) is 6.76. The van der Waals surface area contributed by atoms with Crippen LogP contribution in [0.5, 0.6) is 0 Å². The Bertz CT molecular complexity index is 281. The van der Waals surface area contributed by atoms with Crippen LogP contribution in [0.3, 0.4) is 0 Å². The highest BCUT2D eigenvalue weighted by atomic mass is 16.5. The van der Waals surface area contributed by atoms with Gasteiger partial charge in [0.2, 0.25) is 0 Å². The second-order valence-electron chi connectivity index (χ2n) is 6.16. The fourth-order valence-electron chi connectivity index (χ4n) is 3.30. The Morgan fingerprint density at radius 3 is 2.65 bits per heavy atom. The number of nitrogens with zero attached hydrogens (tertiary/aromatic N) is 1. The van der Waals surface area contributed by atoms with Crippen LogP contribution in [0.1, 0.15) is 57.8 Å². The molecule has 4 nitrogen and oxygen atoms in total. The normalized spacial score (nSPS) is 24.2. The van der Waals surface area contributed by atoms with Gasteiger partial charge in [0, 0.05) is 26.7 Å². The third-order valence-corrected chi connectivity index (χ3v) is 4.55. The Kier molecular flexibility index (Phi) is 7.20. The van der Waals surface area contributed by atoms with Crippen LogP contribution in [0, 0.1) is 5.92 Å². The first-order chi connectivity index (χ1) is 9.88. The molecule has 2 rings (SSSR count). The highest BCUT2D eigenvalue weighted by Gasteiger charge is 2.15. The minimum absolute atomic E-state index is 0.371. The summed E-state index contributed by atoms with van der Waals surface area (Å²) < 4.78 is 5.60. The predicted octanol–water partition coefficient (Wildman–Crippen LogP) is 2.69. The van der Waals surface area contributed by atoms with Gasteiger partial charge in [0.1, 0.15) is 0 Å². The van der Waals surface area contributed by atoms with Crippen LogP contribution in [0.4, 0.5) is 0 Å². The van der Waals surface area contributed by atoms with E-state index in [0.29, 0.717) is 6.10 Å². The average molecular weight is 281 g/mol. The predicted molar refractivity (Wildman–Crippen MR) is 84.1 cm³/mol. The lowest BCUT2D eigenvalue weighted by Crippen LogP contribution is -2.41. The van der Waals surface area contributed by atoms with Crippen LogP contribution in [0.2, 0.25) is 0 Å². The van der Waals surface area contributed by atoms with E-state index in [1.807, 2.05) is 7.05 Å². The van der Waals surface area contributed by atoms with Crippen molar-refractivity contribution in [3.05, 3.63) is 0 Å². The number of ether oxygens (including phenoxy) is 1. The Hall–Kier alpha value is -0.770. The molecule has 20 heavy (non-hydrogen) atoms. The third kappa shape index (κ3) is 5.70. The van der Waals surface area contributed by atoms with Crippen molar-refractivity contribution in [3.63, 3.8) is 0 Å². The molecular formula is C16H31N3O. The minimum Gasteiger partial charge on any atom is -0.376 e. The van der Waals surface area contributed by atoms with Crippen molar-refractivity contribution in [3.8, 4) is 0 Å². The van der Waals surface area contributed by atoms with Crippen LogP contribution < -0.4 is 10.6 Å². The lowest BCUT2D eigenvalue weighted by Gasteiger charge is -2.15. The van der Waals surface area contributed by atoms with Gasteiger partial charge in [-0.05, 0) is 25.2 Å². The second-order valence-corrected chi connectivity index (χ2v) is 6.16. The maximum absolute atomic E-state index is 5.60. The zero-order chi connectivity index (χ0) is 14.0. The molecule has 1 atom stereocenters. The van der Waals surface area contributed by atoms with Crippen LogP contribution in [0.25, 0.3) is 0 Å². The SMILES string of the molecule is CN=C(NCCCCC1CCCC1)NCC1CCCO1. The van der Waals surface area contributed by atoms with Gasteiger partial charge >= 0.3 is 0 Å². The molecule has 1 saturated carbocycles. The molecule has 116 valence electrons. The molecule has 2 fully saturated rings. The van der Waals surface area contributed by atoms with Crippen LogP contribution in [-0.4, -0.2) is 38.8 Å². The van der Waals surface area contributed by atoms with Crippen molar-refractivity contribution in [2.45, 2.75) is 63.9 Å². The van der Waals surface area contributed by atoms with Gasteiger partial charge in [-0.1, -0.05) is 38.5 Å². The van der Waals surface area contributed by atoms with E-state index in [1.165, 1.54) is 57.8 Å². The summed E-state index contributed by atoms with van der Waals surface area (Å²) in [7, 11) is 1.84. The number of rotatable bonds is 7. The van der Waals surface area contributed by atoms with Crippen molar-refractivity contribution in [2.24, 2.45) is 10.9 Å². The molecule has 1 unspecified atom stereocenters. The molecule has 2 N–H and O–H groups in total. The van der Waals surface area contributed by atoms with Crippen LogP contribution >= 0.6 is 0 Å². The summed E-state index contributed by atoms with van der Waals surface area (Å²) in [4.78, 5) is 4.26. The molecule has 1 aliphatic heterocycles. The molecule has 1 heterocycles. The van der Waals surface area contributed by atoms with E-state index in [4.69, 9.17) is 4.74 Å². The van der Waals surface area contributed by atoms with E-state index in [9.17, 15) is 0 Å². The molecule has 2 aliphatic rings. The number of hydrogen-bond acceptors (Lipinski definition) is 2. The fraction of sp³-hybridized carbons (Fsp3) is 0.938. The lowest BCUT2D eigenvalue weighted by molar-refractivity contribution is 0.114. The zero-order valence-corrected chi connectivity index (χ0v) is 13.0. The molecule has 1 saturated heterocycles. The Labute approximate surface area is 123 Å². The monoisotopic (exact) mass is 281 g/mol. The number of unbranched alkanes of at least 4 members (excludes halogenated alkanes) is 1. The minimum atomic E-state index is 0.371. The van der Waals surface area contributed by atoms with Gasteiger partial charge in [0.05, 0.1) is 6.10 Å². The first-order valence-corrected chi connectivity index (χ1v) is 8.44. The topological polar surface area (TPSA) is 45.7 Å². The number of aliphatic imine (C=N–C) groups is 1. The number of nitrogens with one attached hydrogen (secondary N) is 2. The average Bonchev–Trinajstić information content (AvgIpc) is 3.14. The van der Waals surface area contributed by atoms with Gasteiger partial charge < -0.3 is 15.4 Å². The van der Waals surface area contributed by atoms with Crippen molar-refractivity contribution >= 4 is 5.96 Å². The van der Waals surface area contributed by atoms with Crippen LogP contribution in [0.15, 0.2) is 4.99 Å². The molecule has 0 bridgehead atoms. The van der Waals surface area contributed by atoms with E-state index >= 15 is 0 Å². The van der Waals surface area contributed by atoms with Gasteiger partial charge in [-0.3, -0.25) is 4.99 Å². The molecule has 0 aromatic carbocycles. The molecule has 0 amide bonds. The Morgan fingerprint density at radius 1 is 1.10 bits per heavy atom. The summed E-state index contributed by atoms with van der Waals surface area (Å²) >= 11 is 0. The highest BCUT2D eigenvalue weighted by Crippen LogP contribution is 2.28. The third-order valence-electron chi connectivity index (χ3n) is 4.55. The van der Waals surface area contributed by atoms with Crippen molar-refractivity contribution in [1.82, 2.24) is 10.6 Å². The smallest absolute Gasteiger partial charge is 0.191 e. The molecule has 0 aromatic heterocycles. The van der Waals surface area contributed by atoms with Crippen molar-refractivity contribution < 1.29 is 4.74 Å². The number of guanidine groups is 1.